The maximum absolute atomic E-state index is 12.9. The quantitative estimate of drug-likeness (QED) is 0.822. The van der Waals surface area contributed by atoms with Crippen LogP contribution in [0.4, 0.5) is 10.1 Å². The molecule has 2 aromatic rings. The van der Waals surface area contributed by atoms with E-state index < -0.39 is 0 Å². The highest BCUT2D eigenvalue weighted by molar-refractivity contribution is 5.81. The van der Waals surface area contributed by atoms with Gasteiger partial charge in [-0.15, -0.1) is 0 Å². The predicted octanol–water partition coefficient (Wildman–Crippen LogP) is 3.51. The molecule has 122 valence electrons. The Balaban J connectivity index is 1.89. The number of hydrogen-bond acceptors (Lipinski definition) is 3. The Morgan fingerprint density at radius 2 is 1.87 bits per heavy atom. The second kappa shape index (κ2) is 8.17. The molecule has 2 aromatic carbocycles. The molecule has 5 heteroatoms. The fraction of sp³-hybridized carbons (Fsp3) is 0.278. The number of carbonyl (C=O) groups excluding carboxylic acids is 1. The van der Waals surface area contributed by atoms with Gasteiger partial charge in [-0.2, -0.15) is 0 Å². The van der Waals surface area contributed by atoms with Crippen molar-refractivity contribution in [1.29, 1.82) is 0 Å². The molecule has 0 aliphatic heterocycles. The van der Waals surface area contributed by atoms with Crippen LogP contribution in [0.2, 0.25) is 0 Å². The van der Waals surface area contributed by atoms with Crippen LogP contribution in [0.15, 0.2) is 48.5 Å². The summed E-state index contributed by atoms with van der Waals surface area (Å²) < 4.78 is 18.4. The van der Waals surface area contributed by atoms with Crippen molar-refractivity contribution in [2.24, 2.45) is 0 Å². The smallest absolute Gasteiger partial charge is 0.239 e. The van der Waals surface area contributed by atoms with E-state index in [9.17, 15) is 9.18 Å². The van der Waals surface area contributed by atoms with Gasteiger partial charge in [0.25, 0.3) is 0 Å². The Morgan fingerprint density at radius 1 is 1.17 bits per heavy atom. The molecule has 1 atom stereocenters. The molecule has 2 N–H and O–H groups in total. The second-order valence-corrected chi connectivity index (χ2v) is 5.12. The van der Waals surface area contributed by atoms with Gasteiger partial charge in [0, 0.05) is 0 Å². The third-order valence-corrected chi connectivity index (χ3v) is 3.37. The van der Waals surface area contributed by atoms with Crippen LogP contribution in [0.5, 0.6) is 5.75 Å². The number of halogens is 1. The Labute approximate surface area is 135 Å². The van der Waals surface area contributed by atoms with E-state index in [-0.39, 0.29) is 24.3 Å². The van der Waals surface area contributed by atoms with Crippen molar-refractivity contribution in [2.75, 3.05) is 18.5 Å². The van der Waals surface area contributed by atoms with Crippen LogP contribution in [0.25, 0.3) is 0 Å². The highest BCUT2D eigenvalue weighted by Crippen LogP contribution is 2.23. The van der Waals surface area contributed by atoms with Gasteiger partial charge in [0.15, 0.2) is 0 Å². The maximum atomic E-state index is 12.9. The Hall–Kier alpha value is -2.56. The molecular weight excluding hydrogens is 295 g/mol. The molecule has 0 bridgehead atoms. The average molecular weight is 316 g/mol. The van der Waals surface area contributed by atoms with E-state index in [0.29, 0.717) is 6.61 Å². The lowest BCUT2D eigenvalue weighted by Gasteiger charge is -2.16. The van der Waals surface area contributed by atoms with Crippen LogP contribution in [0.1, 0.15) is 25.5 Å². The number of ether oxygens (including phenoxy) is 1. The van der Waals surface area contributed by atoms with Gasteiger partial charge < -0.3 is 15.4 Å². The van der Waals surface area contributed by atoms with Crippen molar-refractivity contribution >= 4 is 11.6 Å². The number of anilines is 1. The van der Waals surface area contributed by atoms with Gasteiger partial charge in [-0.3, -0.25) is 4.79 Å². The van der Waals surface area contributed by atoms with E-state index in [2.05, 4.69) is 10.6 Å². The van der Waals surface area contributed by atoms with E-state index in [4.69, 9.17) is 4.74 Å². The largest absolute Gasteiger partial charge is 0.492 e. The Kier molecular flexibility index (Phi) is 5.97. The van der Waals surface area contributed by atoms with E-state index in [1.165, 1.54) is 12.1 Å². The van der Waals surface area contributed by atoms with Crippen LogP contribution in [0.3, 0.4) is 0 Å². The number of benzene rings is 2. The molecule has 0 spiro atoms. The van der Waals surface area contributed by atoms with Gasteiger partial charge in [0.05, 0.1) is 24.9 Å². The summed E-state index contributed by atoms with van der Waals surface area (Å²) in [7, 11) is 0. The van der Waals surface area contributed by atoms with Crippen LogP contribution < -0.4 is 15.4 Å². The maximum Gasteiger partial charge on any atom is 0.239 e. The van der Waals surface area contributed by atoms with Gasteiger partial charge in [-0.1, -0.05) is 24.3 Å². The summed E-state index contributed by atoms with van der Waals surface area (Å²) in [4.78, 5) is 12.0. The normalized spacial score (nSPS) is 11.6. The summed E-state index contributed by atoms with van der Waals surface area (Å²) in [6.07, 6.45) is 0. The molecule has 0 aromatic heterocycles. The molecule has 0 aliphatic carbocycles. The average Bonchev–Trinajstić information content (AvgIpc) is 2.55. The minimum absolute atomic E-state index is 0.135. The number of amides is 1. The molecule has 1 unspecified atom stereocenters. The topological polar surface area (TPSA) is 50.4 Å². The van der Waals surface area contributed by atoms with Gasteiger partial charge in [-0.25, -0.2) is 4.39 Å². The van der Waals surface area contributed by atoms with Crippen molar-refractivity contribution in [1.82, 2.24) is 5.32 Å². The molecule has 0 aliphatic rings. The van der Waals surface area contributed by atoms with Gasteiger partial charge in [0.1, 0.15) is 11.6 Å². The van der Waals surface area contributed by atoms with E-state index >= 15 is 0 Å². The van der Waals surface area contributed by atoms with Crippen LogP contribution >= 0.6 is 0 Å². The minimum Gasteiger partial charge on any atom is -0.492 e. The highest BCUT2D eigenvalue weighted by Gasteiger charge is 2.10. The molecule has 0 saturated heterocycles. The van der Waals surface area contributed by atoms with E-state index in [1.807, 2.05) is 38.1 Å². The van der Waals surface area contributed by atoms with Crippen molar-refractivity contribution in [3.63, 3.8) is 0 Å². The van der Waals surface area contributed by atoms with Crippen molar-refractivity contribution in [3.05, 3.63) is 59.9 Å². The van der Waals surface area contributed by atoms with Crippen LogP contribution in [-0.2, 0) is 4.79 Å². The van der Waals surface area contributed by atoms with Crippen LogP contribution in [-0.4, -0.2) is 19.1 Å². The molecule has 0 fully saturated rings. The molecule has 4 nitrogen and oxygen atoms in total. The first kappa shape index (κ1) is 16.8. The molecular formula is C18H21FN2O2. The summed E-state index contributed by atoms with van der Waals surface area (Å²) in [6, 6.07) is 13.4. The Morgan fingerprint density at radius 3 is 2.57 bits per heavy atom. The third-order valence-electron chi connectivity index (χ3n) is 3.37. The van der Waals surface area contributed by atoms with Crippen molar-refractivity contribution < 1.29 is 13.9 Å². The Bertz CT molecular complexity index is 644. The zero-order valence-corrected chi connectivity index (χ0v) is 13.3. The SMILES string of the molecule is CCOc1ccccc1NCC(=O)NC(C)c1ccc(F)cc1. The lowest BCUT2D eigenvalue weighted by molar-refractivity contribution is -0.120. The van der Waals surface area contributed by atoms with Gasteiger partial charge in [-0.05, 0) is 43.7 Å². The molecule has 1 amide bonds. The molecule has 0 radical (unpaired) electrons. The monoisotopic (exact) mass is 316 g/mol. The zero-order valence-electron chi connectivity index (χ0n) is 13.3. The number of carbonyl (C=O) groups is 1. The first-order valence-electron chi connectivity index (χ1n) is 7.60. The molecule has 2 rings (SSSR count). The molecule has 0 saturated carbocycles. The second-order valence-electron chi connectivity index (χ2n) is 5.12. The third kappa shape index (κ3) is 4.98. The lowest BCUT2D eigenvalue weighted by Crippen LogP contribution is -2.32. The predicted molar refractivity (Wildman–Crippen MR) is 89.1 cm³/mol. The zero-order chi connectivity index (χ0) is 16.7. The molecule has 23 heavy (non-hydrogen) atoms. The van der Waals surface area contributed by atoms with E-state index in [1.54, 1.807) is 12.1 Å². The van der Waals surface area contributed by atoms with Crippen molar-refractivity contribution in [3.8, 4) is 5.75 Å². The summed E-state index contributed by atoms with van der Waals surface area (Å²) in [5.74, 6) is 0.281. The fourth-order valence-corrected chi connectivity index (χ4v) is 2.20. The number of hydrogen-bond donors (Lipinski definition) is 2. The minimum atomic E-state index is -0.290. The molecule has 0 heterocycles. The van der Waals surface area contributed by atoms with Crippen LogP contribution in [0, 0.1) is 5.82 Å². The lowest BCUT2D eigenvalue weighted by atomic mass is 10.1. The summed E-state index contributed by atoms with van der Waals surface area (Å²) in [5.41, 5.74) is 1.63. The highest BCUT2D eigenvalue weighted by atomic mass is 19.1. The fourth-order valence-electron chi connectivity index (χ4n) is 2.20. The number of rotatable bonds is 7. The van der Waals surface area contributed by atoms with Gasteiger partial charge >= 0.3 is 0 Å². The van der Waals surface area contributed by atoms with Crippen molar-refractivity contribution in [2.45, 2.75) is 19.9 Å². The summed E-state index contributed by atoms with van der Waals surface area (Å²) >= 11 is 0. The number of para-hydroxylation sites is 2. The van der Waals surface area contributed by atoms with E-state index in [0.717, 1.165) is 17.0 Å². The number of nitrogens with one attached hydrogen (secondary N) is 2. The summed E-state index contributed by atoms with van der Waals surface area (Å²) in [5, 5.41) is 5.94. The standard InChI is InChI=1S/C18H21FN2O2/c1-3-23-17-7-5-4-6-16(17)20-12-18(22)21-13(2)14-8-10-15(19)11-9-14/h4-11,13,20H,3,12H2,1-2H3,(H,21,22). The first-order valence-corrected chi connectivity index (χ1v) is 7.60. The first-order chi connectivity index (χ1) is 11.1. The van der Waals surface area contributed by atoms with Gasteiger partial charge in [0.2, 0.25) is 5.91 Å². The summed E-state index contributed by atoms with van der Waals surface area (Å²) in [6.45, 7) is 4.47.